The summed E-state index contributed by atoms with van der Waals surface area (Å²) < 4.78 is 17.4. The second-order valence-corrected chi connectivity index (χ2v) is 6.21. The standard InChI is InChI=1S/C18H20ClNO5/c1-3-24-18(22)13-8-12-16(19)15(25-10-23-2)9-11-14(21)6-4-5-7-20(13)17(11)12/h8-9H,3-7,10H2,1-2H3. The molecule has 6 nitrogen and oxygen atoms in total. The Morgan fingerprint density at radius 3 is 2.84 bits per heavy atom. The summed E-state index contributed by atoms with van der Waals surface area (Å²) in [5.41, 5.74) is 1.59. The molecule has 25 heavy (non-hydrogen) atoms. The van der Waals surface area contributed by atoms with Gasteiger partial charge in [0.2, 0.25) is 0 Å². The topological polar surface area (TPSA) is 66.8 Å². The van der Waals surface area contributed by atoms with Crippen molar-refractivity contribution in [3.8, 4) is 5.75 Å². The molecular weight excluding hydrogens is 346 g/mol. The lowest BCUT2D eigenvalue weighted by Crippen LogP contribution is -2.15. The maximum atomic E-state index is 12.6. The van der Waals surface area contributed by atoms with Gasteiger partial charge in [0.15, 0.2) is 12.6 Å². The molecule has 1 aromatic heterocycles. The molecule has 0 aliphatic carbocycles. The first-order valence-corrected chi connectivity index (χ1v) is 8.64. The first kappa shape index (κ1) is 17.8. The van der Waals surface area contributed by atoms with Gasteiger partial charge in [-0.05, 0) is 31.9 Å². The summed E-state index contributed by atoms with van der Waals surface area (Å²) in [6.07, 6.45) is 2.03. The van der Waals surface area contributed by atoms with Crippen molar-refractivity contribution < 1.29 is 23.8 Å². The molecule has 0 N–H and O–H groups in total. The van der Waals surface area contributed by atoms with E-state index >= 15 is 0 Å². The Bertz CT molecular complexity index is 827. The van der Waals surface area contributed by atoms with Crippen LogP contribution in [0.4, 0.5) is 0 Å². The number of aryl methyl sites for hydroxylation is 1. The summed E-state index contributed by atoms with van der Waals surface area (Å²) in [5, 5.41) is 0.969. The number of hydrogen-bond acceptors (Lipinski definition) is 5. The molecule has 0 bridgehead atoms. The SMILES string of the molecule is CCOC(=O)c1cc2c(Cl)c(OCOC)cc3c2n1CCCCC3=O. The summed E-state index contributed by atoms with van der Waals surface area (Å²) in [6.45, 7) is 2.69. The third-order valence-corrected chi connectivity index (χ3v) is 4.62. The molecule has 1 aliphatic rings. The number of ether oxygens (including phenoxy) is 3. The number of ketones is 1. The molecule has 2 heterocycles. The summed E-state index contributed by atoms with van der Waals surface area (Å²) in [5.74, 6) is -0.0426. The smallest absolute Gasteiger partial charge is 0.354 e. The number of rotatable bonds is 5. The summed E-state index contributed by atoms with van der Waals surface area (Å²) >= 11 is 6.48. The van der Waals surface area contributed by atoms with Gasteiger partial charge in [-0.1, -0.05) is 11.6 Å². The van der Waals surface area contributed by atoms with Crippen LogP contribution in [0.5, 0.6) is 5.75 Å². The molecule has 0 unspecified atom stereocenters. The summed E-state index contributed by atoms with van der Waals surface area (Å²) in [7, 11) is 1.51. The highest BCUT2D eigenvalue weighted by molar-refractivity contribution is 6.38. The molecule has 1 aromatic carbocycles. The van der Waals surface area contributed by atoms with Gasteiger partial charge in [-0.25, -0.2) is 4.79 Å². The van der Waals surface area contributed by atoms with Crippen molar-refractivity contribution in [2.45, 2.75) is 32.7 Å². The Morgan fingerprint density at radius 1 is 1.32 bits per heavy atom. The minimum absolute atomic E-state index is 0.0124. The largest absolute Gasteiger partial charge is 0.466 e. The molecule has 1 aliphatic heterocycles. The van der Waals surface area contributed by atoms with Crippen LogP contribution in [0.2, 0.25) is 5.02 Å². The van der Waals surface area contributed by atoms with E-state index in [0.29, 0.717) is 45.9 Å². The lowest BCUT2D eigenvalue weighted by atomic mass is 10.0. The van der Waals surface area contributed by atoms with Gasteiger partial charge in [0, 0.05) is 31.0 Å². The molecule has 134 valence electrons. The van der Waals surface area contributed by atoms with Gasteiger partial charge < -0.3 is 18.8 Å². The van der Waals surface area contributed by atoms with Gasteiger partial charge in [0.05, 0.1) is 17.1 Å². The van der Waals surface area contributed by atoms with Gasteiger partial charge in [-0.2, -0.15) is 0 Å². The Hall–Kier alpha value is -2.05. The molecule has 0 saturated carbocycles. The number of carbonyl (C=O) groups is 2. The van der Waals surface area contributed by atoms with E-state index in [1.165, 1.54) is 7.11 Å². The van der Waals surface area contributed by atoms with Gasteiger partial charge in [-0.15, -0.1) is 0 Å². The number of carbonyl (C=O) groups excluding carboxylic acids is 2. The fourth-order valence-electron chi connectivity index (χ4n) is 3.14. The maximum absolute atomic E-state index is 12.6. The van der Waals surface area contributed by atoms with Crippen LogP contribution in [-0.4, -0.2) is 36.8 Å². The van der Waals surface area contributed by atoms with Gasteiger partial charge >= 0.3 is 5.97 Å². The molecule has 0 fully saturated rings. The molecule has 0 radical (unpaired) electrons. The van der Waals surface area contributed by atoms with Crippen molar-refractivity contribution in [3.63, 3.8) is 0 Å². The number of Topliss-reactive ketones (excluding diaryl/α,β-unsaturated/α-hetero) is 1. The van der Waals surface area contributed by atoms with Crippen LogP contribution in [0, 0.1) is 0 Å². The van der Waals surface area contributed by atoms with Crippen molar-refractivity contribution >= 4 is 34.3 Å². The van der Waals surface area contributed by atoms with Crippen molar-refractivity contribution in [2.24, 2.45) is 0 Å². The van der Waals surface area contributed by atoms with Crippen LogP contribution in [0.1, 0.15) is 47.0 Å². The van der Waals surface area contributed by atoms with Crippen molar-refractivity contribution in [1.29, 1.82) is 0 Å². The number of hydrogen-bond donors (Lipinski definition) is 0. The average Bonchev–Trinajstić information content (AvgIpc) is 2.96. The maximum Gasteiger partial charge on any atom is 0.354 e. The van der Waals surface area contributed by atoms with Crippen molar-refractivity contribution in [3.05, 3.63) is 28.4 Å². The van der Waals surface area contributed by atoms with E-state index in [1.54, 1.807) is 19.1 Å². The predicted molar refractivity (Wildman–Crippen MR) is 93.6 cm³/mol. The highest BCUT2D eigenvalue weighted by Gasteiger charge is 2.26. The predicted octanol–water partition coefficient (Wildman–Crippen LogP) is 3.82. The third-order valence-electron chi connectivity index (χ3n) is 4.23. The lowest BCUT2D eigenvalue weighted by Gasteiger charge is -2.17. The number of esters is 1. The van der Waals surface area contributed by atoms with Crippen LogP contribution in [-0.2, 0) is 16.0 Å². The number of nitrogens with zero attached hydrogens (tertiary/aromatic N) is 1. The Balaban J connectivity index is 2.27. The number of halogens is 1. The normalized spacial score (nSPS) is 14.3. The Morgan fingerprint density at radius 2 is 2.12 bits per heavy atom. The van der Waals surface area contributed by atoms with E-state index in [0.717, 1.165) is 12.8 Å². The zero-order chi connectivity index (χ0) is 18.0. The molecule has 0 amide bonds. The molecular formula is C18H20ClNO5. The minimum atomic E-state index is -0.423. The van der Waals surface area contributed by atoms with Gasteiger partial charge in [-0.3, -0.25) is 4.79 Å². The van der Waals surface area contributed by atoms with Crippen molar-refractivity contribution in [2.75, 3.05) is 20.5 Å². The molecule has 3 rings (SSSR count). The molecule has 0 spiro atoms. The van der Waals surface area contributed by atoms with Crippen LogP contribution >= 0.6 is 11.6 Å². The number of benzene rings is 1. The highest BCUT2D eigenvalue weighted by atomic mass is 35.5. The zero-order valence-corrected chi connectivity index (χ0v) is 15.0. The van der Waals surface area contributed by atoms with E-state index in [-0.39, 0.29) is 19.2 Å². The molecule has 7 heteroatoms. The third kappa shape index (κ3) is 3.24. The van der Waals surface area contributed by atoms with E-state index in [9.17, 15) is 9.59 Å². The van der Waals surface area contributed by atoms with E-state index in [1.807, 2.05) is 4.57 Å². The molecule has 2 aromatic rings. The van der Waals surface area contributed by atoms with Crippen LogP contribution in [0.3, 0.4) is 0 Å². The van der Waals surface area contributed by atoms with Crippen LogP contribution in [0.15, 0.2) is 12.1 Å². The van der Waals surface area contributed by atoms with Gasteiger partial charge in [0.25, 0.3) is 0 Å². The zero-order valence-electron chi connectivity index (χ0n) is 14.3. The first-order chi connectivity index (χ1) is 12.1. The minimum Gasteiger partial charge on any atom is -0.466 e. The Labute approximate surface area is 150 Å². The van der Waals surface area contributed by atoms with Gasteiger partial charge in [0.1, 0.15) is 11.4 Å². The molecule has 0 saturated heterocycles. The number of methoxy groups -OCH3 is 1. The van der Waals surface area contributed by atoms with Crippen molar-refractivity contribution in [1.82, 2.24) is 4.57 Å². The van der Waals surface area contributed by atoms with E-state index in [2.05, 4.69) is 0 Å². The second-order valence-electron chi connectivity index (χ2n) is 5.83. The average molecular weight is 366 g/mol. The number of aromatic nitrogens is 1. The summed E-state index contributed by atoms with van der Waals surface area (Å²) in [4.78, 5) is 25.0. The van der Waals surface area contributed by atoms with E-state index in [4.69, 9.17) is 25.8 Å². The summed E-state index contributed by atoms with van der Waals surface area (Å²) in [6, 6.07) is 3.32. The van der Waals surface area contributed by atoms with E-state index < -0.39 is 5.97 Å². The molecule has 0 atom stereocenters. The first-order valence-electron chi connectivity index (χ1n) is 8.26. The van der Waals surface area contributed by atoms with Crippen LogP contribution in [0.25, 0.3) is 10.9 Å². The quantitative estimate of drug-likeness (QED) is 0.595. The second kappa shape index (κ2) is 7.45. The fourth-order valence-corrected chi connectivity index (χ4v) is 3.39. The fraction of sp³-hybridized carbons (Fsp3) is 0.444. The monoisotopic (exact) mass is 365 g/mol. The highest BCUT2D eigenvalue weighted by Crippen LogP contribution is 2.39. The van der Waals surface area contributed by atoms with Crippen LogP contribution < -0.4 is 4.74 Å². The Kier molecular flexibility index (Phi) is 5.30. The lowest BCUT2D eigenvalue weighted by molar-refractivity contribution is 0.0509.